The second-order valence-corrected chi connectivity index (χ2v) is 6.72. The summed E-state index contributed by atoms with van der Waals surface area (Å²) in [6.45, 7) is 1.77. The summed E-state index contributed by atoms with van der Waals surface area (Å²) in [5.41, 5.74) is 0.419. The molecule has 3 rings (SSSR count). The molecule has 1 heterocycles. The van der Waals surface area contributed by atoms with Gasteiger partial charge >= 0.3 is 6.18 Å². The van der Waals surface area contributed by atoms with Crippen molar-refractivity contribution < 1.29 is 18.0 Å². The number of amides is 1. The van der Waals surface area contributed by atoms with Crippen LogP contribution in [0.5, 0.6) is 0 Å². The number of alkyl halides is 3. The van der Waals surface area contributed by atoms with Crippen molar-refractivity contribution in [1.82, 2.24) is 0 Å². The number of halogens is 3. The van der Waals surface area contributed by atoms with E-state index in [1.165, 1.54) is 22.7 Å². The van der Waals surface area contributed by atoms with Gasteiger partial charge in [-0.2, -0.15) is 13.2 Å². The van der Waals surface area contributed by atoms with Crippen LogP contribution in [0.25, 0.3) is 0 Å². The van der Waals surface area contributed by atoms with Crippen LogP contribution in [-0.4, -0.2) is 11.2 Å². The van der Waals surface area contributed by atoms with Crippen LogP contribution in [0, 0.1) is 0 Å². The first-order valence-corrected chi connectivity index (χ1v) is 8.03. The minimum absolute atomic E-state index is 0.178. The number of thioether (sulfide) groups is 1. The van der Waals surface area contributed by atoms with Gasteiger partial charge < -0.3 is 0 Å². The molecule has 23 heavy (non-hydrogen) atoms. The highest BCUT2D eigenvalue weighted by Crippen LogP contribution is 2.46. The van der Waals surface area contributed by atoms with Crippen LogP contribution in [0.15, 0.2) is 54.6 Å². The summed E-state index contributed by atoms with van der Waals surface area (Å²) < 4.78 is 38.8. The topological polar surface area (TPSA) is 20.3 Å². The SMILES string of the molecule is CC1SC(c2ccccc2)N(c2cccc(C(F)(F)F)c2)C1=O. The van der Waals surface area contributed by atoms with Crippen molar-refractivity contribution in [1.29, 1.82) is 0 Å². The van der Waals surface area contributed by atoms with Gasteiger partial charge in [-0.3, -0.25) is 9.69 Å². The Balaban J connectivity index is 2.03. The molecule has 0 radical (unpaired) electrons. The van der Waals surface area contributed by atoms with E-state index in [0.717, 1.165) is 17.7 Å². The van der Waals surface area contributed by atoms with Gasteiger partial charge in [-0.05, 0) is 30.7 Å². The molecule has 2 nitrogen and oxygen atoms in total. The number of rotatable bonds is 2. The second kappa shape index (κ2) is 5.92. The molecule has 1 aliphatic heterocycles. The summed E-state index contributed by atoms with van der Waals surface area (Å²) in [5.74, 6) is -0.178. The van der Waals surface area contributed by atoms with Gasteiger partial charge in [0.25, 0.3) is 0 Å². The lowest BCUT2D eigenvalue weighted by molar-refractivity contribution is -0.137. The summed E-state index contributed by atoms with van der Waals surface area (Å²) in [5, 5.41) is -0.614. The van der Waals surface area contributed by atoms with Gasteiger partial charge in [0, 0.05) is 5.69 Å². The van der Waals surface area contributed by atoms with Crippen molar-refractivity contribution in [2.45, 2.75) is 23.7 Å². The van der Waals surface area contributed by atoms with E-state index in [0.29, 0.717) is 0 Å². The van der Waals surface area contributed by atoms with Crippen LogP contribution in [0.4, 0.5) is 18.9 Å². The summed E-state index contributed by atoms with van der Waals surface area (Å²) in [6.07, 6.45) is -4.43. The molecule has 0 spiro atoms. The lowest BCUT2D eigenvalue weighted by atomic mass is 10.1. The fraction of sp³-hybridized carbons (Fsp3) is 0.235. The van der Waals surface area contributed by atoms with E-state index in [2.05, 4.69) is 0 Å². The van der Waals surface area contributed by atoms with Crippen LogP contribution in [0.3, 0.4) is 0 Å². The molecule has 2 aromatic carbocycles. The molecule has 0 aliphatic carbocycles. The Kier molecular flexibility index (Phi) is 4.10. The van der Waals surface area contributed by atoms with Crippen molar-refractivity contribution in [2.75, 3.05) is 4.90 Å². The van der Waals surface area contributed by atoms with E-state index in [9.17, 15) is 18.0 Å². The number of hydrogen-bond donors (Lipinski definition) is 0. The molecule has 1 amide bonds. The van der Waals surface area contributed by atoms with Crippen LogP contribution < -0.4 is 4.90 Å². The lowest BCUT2D eigenvalue weighted by Crippen LogP contribution is -2.30. The molecule has 2 atom stereocenters. The maximum atomic E-state index is 12.9. The van der Waals surface area contributed by atoms with Gasteiger partial charge in [0.1, 0.15) is 5.37 Å². The highest BCUT2D eigenvalue weighted by molar-refractivity contribution is 8.01. The zero-order chi connectivity index (χ0) is 16.6. The molecule has 6 heteroatoms. The maximum absolute atomic E-state index is 12.9. The van der Waals surface area contributed by atoms with Crippen molar-refractivity contribution in [2.24, 2.45) is 0 Å². The lowest BCUT2D eigenvalue weighted by Gasteiger charge is -2.25. The normalized spacial score (nSPS) is 21.7. The Hall–Kier alpha value is -1.95. The zero-order valence-corrected chi connectivity index (χ0v) is 13.1. The summed E-state index contributed by atoms with van der Waals surface area (Å²) >= 11 is 1.44. The number of carbonyl (C=O) groups is 1. The smallest absolute Gasteiger partial charge is 0.295 e. The standard InChI is InChI=1S/C17H14F3NOS/c1-11-15(22)21(16(23-11)12-6-3-2-4-7-12)14-9-5-8-13(10-14)17(18,19)20/h2-11,16H,1H3. The number of benzene rings is 2. The monoisotopic (exact) mass is 337 g/mol. The number of nitrogens with zero attached hydrogens (tertiary/aromatic N) is 1. The molecule has 1 fully saturated rings. The molecular weight excluding hydrogens is 323 g/mol. The van der Waals surface area contributed by atoms with Gasteiger partial charge in [-0.15, -0.1) is 11.8 Å². The van der Waals surface area contributed by atoms with E-state index in [1.807, 2.05) is 30.3 Å². The first kappa shape index (κ1) is 15.9. The van der Waals surface area contributed by atoms with E-state index >= 15 is 0 Å². The number of anilines is 1. The third kappa shape index (κ3) is 3.08. The maximum Gasteiger partial charge on any atom is 0.416 e. The van der Waals surface area contributed by atoms with Crippen LogP contribution >= 0.6 is 11.8 Å². The summed E-state index contributed by atoms with van der Waals surface area (Å²) in [6, 6.07) is 14.3. The van der Waals surface area contributed by atoms with E-state index < -0.39 is 11.7 Å². The Morgan fingerprint density at radius 2 is 1.74 bits per heavy atom. The van der Waals surface area contributed by atoms with Gasteiger partial charge in [-0.25, -0.2) is 0 Å². The van der Waals surface area contributed by atoms with Gasteiger partial charge in [-0.1, -0.05) is 36.4 Å². The first-order chi connectivity index (χ1) is 10.9. The minimum atomic E-state index is -4.43. The third-order valence-electron chi connectivity index (χ3n) is 3.69. The molecule has 0 aromatic heterocycles. The Labute approximate surface area is 136 Å². The summed E-state index contributed by atoms with van der Waals surface area (Å²) in [7, 11) is 0. The predicted octanol–water partition coefficient (Wildman–Crippen LogP) is 4.87. The zero-order valence-electron chi connectivity index (χ0n) is 12.2. The molecule has 0 N–H and O–H groups in total. The van der Waals surface area contributed by atoms with Crippen LogP contribution in [0.1, 0.15) is 23.4 Å². The highest BCUT2D eigenvalue weighted by Gasteiger charge is 2.40. The first-order valence-electron chi connectivity index (χ1n) is 7.08. The molecule has 1 saturated heterocycles. The molecular formula is C17H14F3NOS. The van der Waals surface area contributed by atoms with Crippen molar-refractivity contribution >= 4 is 23.4 Å². The molecule has 2 aromatic rings. The van der Waals surface area contributed by atoms with Gasteiger partial charge in [0.15, 0.2) is 0 Å². The Morgan fingerprint density at radius 3 is 2.39 bits per heavy atom. The molecule has 0 saturated carbocycles. The Morgan fingerprint density at radius 1 is 1.04 bits per heavy atom. The van der Waals surface area contributed by atoms with E-state index in [-0.39, 0.29) is 22.2 Å². The molecule has 0 bridgehead atoms. The predicted molar refractivity (Wildman–Crippen MR) is 85.2 cm³/mol. The average molecular weight is 337 g/mol. The molecule has 1 aliphatic rings. The third-order valence-corrected chi connectivity index (χ3v) is 5.04. The van der Waals surface area contributed by atoms with Crippen molar-refractivity contribution in [3.63, 3.8) is 0 Å². The van der Waals surface area contributed by atoms with E-state index in [1.54, 1.807) is 13.0 Å². The quantitative estimate of drug-likeness (QED) is 0.779. The van der Waals surface area contributed by atoms with Crippen molar-refractivity contribution in [3.8, 4) is 0 Å². The largest absolute Gasteiger partial charge is 0.416 e. The van der Waals surface area contributed by atoms with Crippen molar-refractivity contribution in [3.05, 3.63) is 65.7 Å². The molecule has 2 unspecified atom stereocenters. The summed E-state index contributed by atoms with van der Waals surface area (Å²) in [4.78, 5) is 13.9. The number of hydrogen-bond acceptors (Lipinski definition) is 2. The highest BCUT2D eigenvalue weighted by atomic mass is 32.2. The second-order valence-electron chi connectivity index (χ2n) is 5.30. The fourth-order valence-corrected chi connectivity index (χ4v) is 3.84. The number of carbonyl (C=O) groups excluding carboxylic acids is 1. The van der Waals surface area contributed by atoms with Crippen LogP contribution in [0.2, 0.25) is 0 Å². The van der Waals surface area contributed by atoms with Gasteiger partial charge in [0.2, 0.25) is 5.91 Å². The molecule has 120 valence electrons. The minimum Gasteiger partial charge on any atom is -0.295 e. The fourth-order valence-electron chi connectivity index (χ4n) is 2.56. The van der Waals surface area contributed by atoms with Gasteiger partial charge in [0.05, 0.1) is 10.8 Å². The average Bonchev–Trinajstić information content (AvgIpc) is 2.83. The Bertz CT molecular complexity index is 717. The van der Waals surface area contributed by atoms with Crippen LogP contribution in [-0.2, 0) is 11.0 Å². The van der Waals surface area contributed by atoms with E-state index in [4.69, 9.17) is 0 Å².